The second-order valence-corrected chi connectivity index (χ2v) is 8.98. The molecule has 0 aromatic heterocycles. The molecule has 0 radical (unpaired) electrons. The molecule has 0 aliphatic carbocycles. The van der Waals surface area contributed by atoms with Crippen LogP contribution in [0.25, 0.3) is 0 Å². The summed E-state index contributed by atoms with van der Waals surface area (Å²) in [5.41, 5.74) is 4.10. The number of aliphatic hydroxyl groups is 1. The number of nitrogens with zero attached hydrogens (tertiary/aromatic N) is 1. The van der Waals surface area contributed by atoms with E-state index in [1.165, 1.54) is 29.5 Å². The predicted molar refractivity (Wildman–Crippen MR) is 133 cm³/mol. The van der Waals surface area contributed by atoms with Crippen LogP contribution in [0.2, 0.25) is 0 Å². The number of ether oxygens (including phenoxy) is 2. The van der Waals surface area contributed by atoms with E-state index in [0.717, 1.165) is 57.2 Å². The van der Waals surface area contributed by atoms with Crippen molar-refractivity contribution in [1.29, 1.82) is 0 Å². The van der Waals surface area contributed by atoms with Crippen molar-refractivity contribution >= 4 is 0 Å². The first-order chi connectivity index (χ1) is 15.5. The maximum Gasteiger partial charge on any atom is 0.154 e. The molecule has 178 valence electrons. The van der Waals surface area contributed by atoms with Gasteiger partial charge in [-0.15, -0.1) is 0 Å². The number of aryl methyl sites for hydroxylation is 3. The molecular formula is C28H43NO3. The molecule has 0 saturated carbocycles. The Kier molecular flexibility index (Phi) is 12.4. The highest BCUT2D eigenvalue weighted by Crippen LogP contribution is 2.19. The molecule has 2 aromatic rings. The maximum absolute atomic E-state index is 10.4. The third kappa shape index (κ3) is 10.2. The first kappa shape index (κ1) is 26.4. The monoisotopic (exact) mass is 441 g/mol. The van der Waals surface area contributed by atoms with Gasteiger partial charge in [-0.25, -0.2) is 0 Å². The summed E-state index contributed by atoms with van der Waals surface area (Å²) in [5, 5.41) is 10.4. The number of rotatable bonds is 16. The zero-order chi connectivity index (χ0) is 23.2. The van der Waals surface area contributed by atoms with Crippen LogP contribution in [0.5, 0.6) is 5.75 Å². The van der Waals surface area contributed by atoms with Gasteiger partial charge < -0.3 is 19.5 Å². The van der Waals surface area contributed by atoms with Crippen LogP contribution in [-0.4, -0.2) is 50.2 Å². The third-order valence-corrected chi connectivity index (χ3v) is 5.92. The first-order valence-electron chi connectivity index (χ1n) is 12.2. The summed E-state index contributed by atoms with van der Waals surface area (Å²) in [6.07, 6.45) is 8.60. The molecule has 0 aliphatic rings. The summed E-state index contributed by atoms with van der Waals surface area (Å²) in [5.74, 6) is 0.897. The molecule has 4 heteroatoms. The van der Waals surface area contributed by atoms with Gasteiger partial charge in [-0.1, -0.05) is 62.6 Å². The quantitative estimate of drug-likeness (QED) is 0.270. The number of hydrogen-bond acceptors (Lipinski definition) is 4. The van der Waals surface area contributed by atoms with Gasteiger partial charge in [-0.3, -0.25) is 0 Å². The number of methoxy groups -OCH3 is 1. The average Bonchev–Trinajstić information content (AvgIpc) is 2.79. The summed E-state index contributed by atoms with van der Waals surface area (Å²) >= 11 is 0. The van der Waals surface area contributed by atoms with E-state index in [9.17, 15) is 5.11 Å². The van der Waals surface area contributed by atoms with Gasteiger partial charge in [0.1, 0.15) is 5.75 Å². The number of aliphatic hydroxyl groups excluding tert-OH is 1. The third-order valence-electron chi connectivity index (χ3n) is 5.92. The van der Waals surface area contributed by atoms with Crippen molar-refractivity contribution in [3.05, 3.63) is 65.2 Å². The topological polar surface area (TPSA) is 41.9 Å². The largest absolute Gasteiger partial charge is 0.497 e. The van der Waals surface area contributed by atoms with Gasteiger partial charge in [0.2, 0.25) is 0 Å². The van der Waals surface area contributed by atoms with Crippen LogP contribution in [-0.2, 0) is 24.0 Å². The molecule has 1 N–H and O–H groups in total. The Bertz CT molecular complexity index is 745. The number of benzene rings is 2. The molecule has 0 heterocycles. The van der Waals surface area contributed by atoms with Crippen LogP contribution in [0.1, 0.15) is 62.1 Å². The molecule has 1 unspecified atom stereocenters. The van der Waals surface area contributed by atoms with E-state index in [-0.39, 0.29) is 6.10 Å². The minimum atomic E-state index is -0.665. The SMILES string of the molecule is CCCCCCC(O)O[C@H](CCc1ccccc1CCc1ccc(OC)cc1)CN(C)C. The Labute approximate surface area is 195 Å². The van der Waals surface area contributed by atoms with E-state index in [0.29, 0.717) is 0 Å². The van der Waals surface area contributed by atoms with Gasteiger partial charge >= 0.3 is 0 Å². The lowest BCUT2D eigenvalue weighted by molar-refractivity contribution is -0.145. The van der Waals surface area contributed by atoms with E-state index in [4.69, 9.17) is 9.47 Å². The minimum absolute atomic E-state index is 0.0285. The summed E-state index contributed by atoms with van der Waals surface area (Å²) in [6, 6.07) is 17.1. The van der Waals surface area contributed by atoms with Crippen molar-refractivity contribution in [2.24, 2.45) is 0 Å². The van der Waals surface area contributed by atoms with Gasteiger partial charge in [0.05, 0.1) is 13.2 Å². The summed E-state index contributed by atoms with van der Waals surface area (Å²) in [7, 11) is 5.82. The number of likely N-dealkylation sites (N-methyl/N-ethyl adjacent to an activating group) is 1. The average molecular weight is 442 g/mol. The van der Waals surface area contributed by atoms with Crippen LogP contribution in [0.4, 0.5) is 0 Å². The van der Waals surface area contributed by atoms with Gasteiger partial charge in [0, 0.05) is 6.54 Å². The molecule has 0 spiro atoms. The van der Waals surface area contributed by atoms with E-state index in [2.05, 4.69) is 62.3 Å². The maximum atomic E-state index is 10.4. The lowest BCUT2D eigenvalue weighted by atomic mass is 9.96. The lowest BCUT2D eigenvalue weighted by Gasteiger charge is -2.25. The van der Waals surface area contributed by atoms with E-state index >= 15 is 0 Å². The van der Waals surface area contributed by atoms with Crippen molar-refractivity contribution in [3.63, 3.8) is 0 Å². The Morgan fingerprint density at radius 1 is 0.844 bits per heavy atom. The highest BCUT2D eigenvalue weighted by Gasteiger charge is 2.16. The molecule has 4 nitrogen and oxygen atoms in total. The van der Waals surface area contributed by atoms with E-state index in [1.54, 1.807) is 7.11 Å². The second kappa shape index (κ2) is 15.0. The second-order valence-electron chi connectivity index (χ2n) is 8.98. The zero-order valence-corrected chi connectivity index (χ0v) is 20.6. The van der Waals surface area contributed by atoms with Crippen molar-refractivity contribution in [1.82, 2.24) is 4.90 Å². The van der Waals surface area contributed by atoms with Crippen molar-refractivity contribution in [2.45, 2.75) is 77.1 Å². The van der Waals surface area contributed by atoms with Gasteiger partial charge in [0.25, 0.3) is 0 Å². The normalized spacial score (nSPS) is 13.3. The molecule has 2 aromatic carbocycles. The van der Waals surface area contributed by atoms with Gasteiger partial charge in [0.15, 0.2) is 6.29 Å². The molecule has 32 heavy (non-hydrogen) atoms. The minimum Gasteiger partial charge on any atom is -0.497 e. The summed E-state index contributed by atoms with van der Waals surface area (Å²) in [6.45, 7) is 3.02. The first-order valence-corrected chi connectivity index (χ1v) is 12.2. The fourth-order valence-corrected chi connectivity index (χ4v) is 4.08. The van der Waals surface area contributed by atoms with Crippen LogP contribution in [0, 0.1) is 0 Å². The predicted octanol–water partition coefficient (Wildman–Crippen LogP) is 5.65. The molecule has 0 aliphatic heterocycles. The van der Waals surface area contributed by atoms with Gasteiger partial charge in [-0.2, -0.15) is 0 Å². The van der Waals surface area contributed by atoms with Crippen LogP contribution in [0.15, 0.2) is 48.5 Å². The highest BCUT2D eigenvalue weighted by molar-refractivity contribution is 5.31. The molecule has 0 fully saturated rings. The molecule has 0 bridgehead atoms. The fraction of sp³-hybridized carbons (Fsp3) is 0.571. The molecule has 0 saturated heterocycles. The Hall–Kier alpha value is -1.88. The Balaban J connectivity index is 1.90. The molecule has 2 atom stereocenters. The van der Waals surface area contributed by atoms with Crippen LogP contribution in [0.3, 0.4) is 0 Å². The molecule has 0 amide bonds. The van der Waals surface area contributed by atoms with Crippen molar-refractivity contribution in [2.75, 3.05) is 27.7 Å². The highest BCUT2D eigenvalue weighted by atomic mass is 16.6. The van der Waals surface area contributed by atoms with Crippen molar-refractivity contribution < 1.29 is 14.6 Å². The smallest absolute Gasteiger partial charge is 0.154 e. The standard InChI is InChI=1S/C28H43NO3/c1-5-6-7-8-13-28(30)32-27(22-29(2)3)21-18-25-12-10-9-11-24(25)17-14-23-15-19-26(31-4)20-16-23/h9-12,15-16,19-20,27-28,30H,5-8,13-14,17-18,21-22H2,1-4H3/t27-,28?/m1/s1. The summed E-state index contributed by atoms with van der Waals surface area (Å²) < 4.78 is 11.3. The Morgan fingerprint density at radius 3 is 2.16 bits per heavy atom. The molecule has 2 rings (SSSR count). The fourth-order valence-electron chi connectivity index (χ4n) is 4.08. The van der Waals surface area contributed by atoms with Gasteiger partial charge in [-0.05, 0) is 81.4 Å². The Morgan fingerprint density at radius 2 is 1.53 bits per heavy atom. The van der Waals surface area contributed by atoms with E-state index in [1.807, 2.05) is 12.1 Å². The summed E-state index contributed by atoms with van der Waals surface area (Å²) in [4.78, 5) is 2.14. The zero-order valence-electron chi connectivity index (χ0n) is 20.6. The molecular weight excluding hydrogens is 398 g/mol. The lowest BCUT2D eigenvalue weighted by Crippen LogP contribution is -2.32. The number of hydrogen-bond donors (Lipinski definition) is 1. The number of unbranched alkanes of at least 4 members (excludes halogenated alkanes) is 3. The van der Waals surface area contributed by atoms with Crippen molar-refractivity contribution in [3.8, 4) is 5.75 Å². The van der Waals surface area contributed by atoms with Crippen LogP contribution >= 0.6 is 0 Å². The van der Waals surface area contributed by atoms with E-state index < -0.39 is 6.29 Å². The van der Waals surface area contributed by atoms with Crippen LogP contribution < -0.4 is 4.74 Å².